The molecule has 3 heterocycles. The Balaban J connectivity index is 0.000000309. The van der Waals surface area contributed by atoms with Gasteiger partial charge in [-0.25, -0.2) is 4.98 Å². The van der Waals surface area contributed by atoms with E-state index in [4.69, 9.17) is 11.5 Å². The molecule has 10 nitrogen and oxygen atoms in total. The molecule has 44 heavy (non-hydrogen) atoms. The van der Waals surface area contributed by atoms with Crippen molar-refractivity contribution in [2.24, 2.45) is 11.5 Å². The van der Waals surface area contributed by atoms with E-state index in [1.54, 1.807) is 30.7 Å². The van der Waals surface area contributed by atoms with E-state index in [9.17, 15) is 4.79 Å². The van der Waals surface area contributed by atoms with Crippen LogP contribution >= 0.6 is 11.3 Å². The third-order valence-corrected chi connectivity index (χ3v) is 8.11. The molecule has 3 unspecified atom stereocenters. The number of hydrogen-bond acceptors (Lipinski definition) is 10. The summed E-state index contributed by atoms with van der Waals surface area (Å²) in [5.74, 6) is 0.428. The number of nitrogens with zero attached hydrogens (tertiary/aromatic N) is 5. The molecule has 3 atom stereocenters. The van der Waals surface area contributed by atoms with Gasteiger partial charge >= 0.3 is 0 Å². The minimum Gasteiger partial charge on any atom is -0.368 e. The normalized spacial score (nSPS) is 13.6. The van der Waals surface area contributed by atoms with E-state index < -0.39 is 5.54 Å². The van der Waals surface area contributed by atoms with Gasteiger partial charge in [0.15, 0.2) is 0 Å². The highest BCUT2D eigenvalue weighted by Crippen LogP contribution is 2.26. The van der Waals surface area contributed by atoms with Crippen molar-refractivity contribution in [2.75, 3.05) is 31.3 Å². The predicted octanol–water partition coefficient (Wildman–Crippen LogP) is 5.17. The number of nitrogens with two attached hydrogens (primary N) is 2. The van der Waals surface area contributed by atoms with Gasteiger partial charge in [0.25, 0.3) is 5.91 Å². The number of nitrogens with one attached hydrogen (secondary N) is 2. The fraction of sp³-hybridized carbons (Fsp3) is 0.242. The molecule has 0 spiro atoms. The van der Waals surface area contributed by atoms with Gasteiger partial charge in [-0.1, -0.05) is 72.0 Å². The molecule has 0 bridgehead atoms. The zero-order valence-corrected chi connectivity index (χ0v) is 26.2. The highest BCUT2D eigenvalue weighted by molar-refractivity contribution is 7.18. The molecule has 0 aliphatic carbocycles. The van der Waals surface area contributed by atoms with Crippen LogP contribution in [0.4, 0.5) is 10.9 Å². The Morgan fingerprint density at radius 3 is 2.20 bits per heavy atom. The number of hydrogen-bond donors (Lipinski definition) is 4. The van der Waals surface area contributed by atoms with Crippen LogP contribution in [0, 0.1) is 0 Å². The van der Waals surface area contributed by atoms with Crippen LogP contribution in [0.15, 0.2) is 104 Å². The number of likely N-dealkylation sites (N-methyl/N-ethyl adjacent to an activating group) is 1. The molecule has 0 aliphatic heterocycles. The summed E-state index contributed by atoms with van der Waals surface area (Å²) in [7, 11) is 4.10. The standard InChI is InChI=1S/C23H23N7OS.C10H16N2/c1-30(2)19(16-6-4-3-5-7-16)15-26-20-9-8-18(14-25-20)21(31)27-23-29-28-22(32-23)17-10-12-24-13-11-17;1-8(11)10(2,12)9-6-4-3-5-7-9/h3-14,19H,15H2,1-2H3,(H,25,26)(H,27,29,31);3-8H,11-12H2,1-2H3. The molecule has 0 fully saturated rings. The minimum atomic E-state index is -0.429. The van der Waals surface area contributed by atoms with Crippen LogP contribution < -0.4 is 22.1 Å². The van der Waals surface area contributed by atoms with E-state index in [0.717, 1.165) is 11.1 Å². The third-order valence-electron chi connectivity index (χ3n) is 7.22. The summed E-state index contributed by atoms with van der Waals surface area (Å²) >= 11 is 1.30. The van der Waals surface area contributed by atoms with Crippen LogP contribution in [0.2, 0.25) is 0 Å². The second-order valence-corrected chi connectivity index (χ2v) is 11.7. The molecule has 1 amide bonds. The molecule has 0 saturated carbocycles. The second kappa shape index (κ2) is 15.3. The number of pyridine rings is 2. The summed E-state index contributed by atoms with van der Waals surface area (Å²) in [4.78, 5) is 23.1. The third kappa shape index (κ3) is 8.74. The molecular weight excluding hydrogens is 570 g/mol. The van der Waals surface area contributed by atoms with E-state index in [1.165, 1.54) is 16.9 Å². The van der Waals surface area contributed by atoms with Crippen molar-refractivity contribution in [1.29, 1.82) is 0 Å². The maximum Gasteiger partial charge on any atom is 0.259 e. The van der Waals surface area contributed by atoms with Crippen molar-refractivity contribution < 1.29 is 4.79 Å². The molecule has 5 aromatic rings. The number of benzene rings is 2. The van der Waals surface area contributed by atoms with Gasteiger partial charge in [-0.05, 0) is 63.3 Å². The molecule has 5 rings (SSSR count). The molecule has 6 N–H and O–H groups in total. The van der Waals surface area contributed by atoms with Crippen LogP contribution in [0.5, 0.6) is 0 Å². The van der Waals surface area contributed by atoms with E-state index in [2.05, 4.69) is 47.8 Å². The summed E-state index contributed by atoms with van der Waals surface area (Å²) in [6.45, 7) is 4.57. The van der Waals surface area contributed by atoms with Gasteiger partial charge in [-0.2, -0.15) is 0 Å². The average molecular weight is 610 g/mol. The van der Waals surface area contributed by atoms with E-state index in [-0.39, 0.29) is 18.0 Å². The lowest BCUT2D eigenvalue weighted by Gasteiger charge is -2.29. The molecule has 11 heteroatoms. The molecule has 228 valence electrons. The quantitative estimate of drug-likeness (QED) is 0.168. The maximum atomic E-state index is 12.6. The van der Waals surface area contributed by atoms with E-state index in [0.29, 0.717) is 28.1 Å². The lowest BCUT2D eigenvalue weighted by Crippen LogP contribution is -2.48. The molecule has 0 aliphatic rings. The van der Waals surface area contributed by atoms with Crippen molar-refractivity contribution in [2.45, 2.75) is 31.5 Å². The first-order valence-corrected chi connectivity index (χ1v) is 15.0. The SMILES string of the molecule is CC(N)C(C)(N)c1ccccc1.CN(C)C(CNc1ccc(C(=O)Nc2nnc(-c3ccncc3)s2)cn1)c1ccccc1. The second-order valence-electron chi connectivity index (χ2n) is 10.7. The van der Waals surface area contributed by atoms with Gasteiger partial charge in [0, 0.05) is 36.7 Å². The fourth-order valence-electron chi connectivity index (χ4n) is 4.22. The van der Waals surface area contributed by atoms with Crippen LogP contribution in [0.25, 0.3) is 10.6 Å². The van der Waals surface area contributed by atoms with Crippen LogP contribution in [0.1, 0.15) is 41.4 Å². The summed E-state index contributed by atoms with van der Waals surface area (Å²) in [6, 6.07) is 27.6. The Morgan fingerprint density at radius 2 is 1.61 bits per heavy atom. The molecule has 0 radical (unpaired) electrons. The average Bonchev–Trinajstić information content (AvgIpc) is 3.51. The Morgan fingerprint density at radius 1 is 0.955 bits per heavy atom. The fourth-order valence-corrected chi connectivity index (χ4v) is 4.97. The van der Waals surface area contributed by atoms with Crippen molar-refractivity contribution in [3.8, 4) is 10.6 Å². The highest BCUT2D eigenvalue weighted by atomic mass is 32.1. The zero-order valence-electron chi connectivity index (χ0n) is 25.4. The van der Waals surface area contributed by atoms with Crippen molar-refractivity contribution in [1.82, 2.24) is 25.1 Å². The molecule has 0 saturated heterocycles. The van der Waals surface area contributed by atoms with Gasteiger partial charge in [0.1, 0.15) is 10.8 Å². The highest BCUT2D eigenvalue weighted by Gasteiger charge is 2.25. The van der Waals surface area contributed by atoms with Crippen LogP contribution in [0.3, 0.4) is 0 Å². The maximum absolute atomic E-state index is 12.6. The number of anilines is 2. The van der Waals surface area contributed by atoms with Crippen molar-refractivity contribution in [3.05, 3.63) is 120 Å². The lowest BCUT2D eigenvalue weighted by molar-refractivity contribution is 0.102. The number of amides is 1. The first kappa shape index (κ1) is 32.4. The number of rotatable bonds is 10. The monoisotopic (exact) mass is 609 g/mol. The van der Waals surface area contributed by atoms with Gasteiger partial charge in [-0.15, -0.1) is 10.2 Å². The molecule has 3 aromatic heterocycles. The molecule has 2 aromatic carbocycles. The smallest absolute Gasteiger partial charge is 0.259 e. The zero-order chi connectivity index (χ0) is 31.5. The topological polar surface area (TPSA) is 148 Å². The Hall–Kier alpha value is -4.55. The Labute approximate surface area is 262 Å². The number of carbonyl (C=O) groups excluding carboxylic acids is 1. The van der Waals surface area contributed by atoms with Crippen LogP contribution in [-0.2, 0) is 5.54 Å². The van der Waals surface area contributed by atoms with Crippen LogP contribution in [-0.4, -0.2) is 57.7 Å². The van der Waals surface area contributed by atoms with E-state index >= 15 is 0 Å². The van der Waals surface area contributed by atoms with Crippen molar-refractivity contribution >= 4 is 28.2 Å². The first-order valence-electron chi connectivity index (χ1n) is 14.2. The largest absolute Gasteiger partial charge is 0.368 e. The predicted molar refractivity (Wildman–Crippen MR) is 178 cm³/mol. The van der Waals surface area contributed by atoms with E-state index in [1.807, 2.05) is 88.6 Å². The Bertz CT molecular complexity index is 1580. The minimum absolute atomic E-state index is 0.0418. The van der Waals surface area contributed by atoms with Gasteiger partial charge in [-0.3, -0.25) is 15.1 Å². The first-order chi connectivity index (χ1) is 21.1. The van der Waals surface area contributed by atoms with Gasteiger partial charge < -0.3 is 21.7 Å². The lowest BCUT2D eigenvalue weighted by atomic mass is 9.87. The number of carbonyl (C=O) groups is 1. The summed E-state index contributed by atoms with van der Waals surface area (Å²) in [5, 5.41) is 15.5. The van der Waals surface area contributed by atoms with Gasteiger partial charge in [0.05, 0.1) is 17.1 Å². The van der Waals surface area contributed by atoms with Gasteiger partial charge in [0.2, 0.25) is 5.13 Å². The van der Waals surface area contributed by atoms with Crippen molar-refractivity contribution in [3.63, 3.8) is 0 Å². The Kier molecular flexibility index (Phi) is 11.2. The molecular formula is C33H39N9OS. The summed E-state index contributed by atoms with van der Waals surface area (Å²) < 4.78 is 0. The summed E-state index contributed by atoms with van der Waals surface area (Å²) in [5.41, 5.74) is 15.1. The summed E-state index contributed by atoms with van der Waals surface area (Å²) in [6.07, 6.45) is 4.93. The number of aromatic nitrogens is 4.